The summed E-state index contributed by atoms with van der Waals surface area (Å²) >= 11 is 0. The van der Waals surface area contributed by atoms with Gasteiger partial charge in [-0.15, -0.1) is 0 Å². The summed E-state index contributed by atoms with van der Waals surface area (Å²) in [6, 6.07) is 0. The SMILES string of the molecule is CCCC(CO)CO. The lowest BCUT2D eigenvalue weighted by Crippen LogP contribution is -2.09. The van der Waals surface area contributed by atoms with Crippen molar-refractivity contribution in [3.05, 3.63) is 0 Å². The zero-order chi connectivity index (χ0) is 6.41. The minimum atomic E-state index is 0.111. The van der Waals surface area contributed by atoms with Crippen LogP contribution in [0.25, 0.3) is 0 Å². The van der Waals surface area contributed by atoms with Crippen molar-refractivity contribution in [1.82, 2.24) is 0 Å². The summed E-state index contributed by atoms with van der Waals surface area (Å²) in [5, 5.41) is 17.0. The molecule has 0 heterocycles. The fraction of sp³-hybridized carbons (Fsp3) is 1.00. The number of aliphatic hydroxyl groups is 2. The van der Waals surface area contributed by atoms with Gasteiger partial charge in [0.05, 0.1) is 0 Å². The summed E-state index contributed by atoms with van der Waals surface area (Å²) in [4.78, 5) is 0. The molecule has 0 bridgehead atoms. The van der Waals surface area contributed by atoms with Gasteiger partial charge in [0.15, 0.2) is 0 Å². The molecule has 0 spiro atoms. The largest absolute Gasteiger partial charge is 0.396 e. The maximum atomic E-state index is 8.50. The zero-order valence-corrected chi connectivity index (χ0v) is 5.30. The summed E-state index contributed by atoms with van der Waals surface area (Å²) in [7, 11) is 0. The van der Waals surface area contributed by atoms with Crippen LogP contribution in [-0.4, -0.2) is 23.4 Å². The summed E-state index contributed by atoms with van der Waals surface area (Å²) in [5.41, 5.74) is 0. The average Bonchev–Trinajstić information content (AvgIpc) is 1.83. The van der Waals surface area contributed by atoms with Crippen molar-refractivity contribution in [2.75, 3.05) is 13.2 Å². The third-order valence-electron chi connectivity index (χ3n) is 1.21. The van der Waals surface area contributed by atoms with Gasteiger partial charge in [-0.3, -0.25) is 0 Å². The van der Waals surface area contributed by atoms with E-state index in [1.54, 1.807) is 0 Å². The zero-order valence-electron chi connectivity index (χ0n) is 5.30. The van der Waals surface area contributed by atoms with Crippen LogP contribution in [0.15, 0.2) is 0 Å². The number of aliphatic hydroxyl groups excluding tert-OH is 2. The summed E-state index contributed by atoms with van der Waals surface area (Å²) in [6.45, 7) is 2.27. The van der Waals surface area contributed by atoms with E-state index in [1.165, 1.54) is 0 Å². The lowest BCUT2D eigenvalue weighted by Gasteiger charge is -2.06. The van der Waals surface area contributed by atoms with Crippen LogP contribution in [-0.2, 0) is 0 Å². The highest BCUT2D eigenvalue weighted by molar-refractivity contribution is 4.52. The molecule has 0 aliphatic rings. The molecular weight excluding hydrogens is 104 g/mol. The highest BCUT2D eigenvalue weighted by atomic mass is 16.3. The molecule has 0 aromatic carbocycles. The first-order valence-electron chi connectivity index (χ1n) is 3.06. The van der Waals surface area contributed by atoms with Crippen molar-refractivity contribution in [2.24, 2.45) is 5.92 Å². The predicted molar refractivity (Wildman–Crippen MR) is 32.6 cm³/mol. The van der Waals surface area contributed by atoms with Gasteiger partial charge in [0.1, 0.15) is 0 Å². The summed E-state index contributed by atoms with van der Waals surface area (Å²) in [5.74, 6) is 0.111. The van der Waals surface area contributed by atoms with Crippen LogP contribution in [0, 0.1) is 5.92 Å². The van der Waals surface area contributed by atoms with Crippen LogP contribution in [0.4, 0.5) is 0 Å². The molecule has 0 amide bonds. The predicted octanol–water partition coefficient (Wildman–Crippen LogP) is 0.387. The van der Waals surface area contributed by atoms with Gasteiger partial charge in [0.2, 0.25) is 0 Å². The molecule has 0 aromatic rings. The first kappa shape index (κ1) is 7.92. The second-order valence-corrected chi connectivity index (χ2v) is 2.02. The third kappa shape index (κ3) is 2.99. The summed E-state index contributed by atoms with van der Waals surface area (Å²) in [6.07, 6.45) is 1.96. The first-order valence-corrected chi connectivity index (χ1v) is 3.06. The maximum absolute atomic E-state index is 8.50. The fourth-order valence-electron chi connectivity index (χ4n) is 0.649. The molecule has 2 heteroatoms. The van der Waals surface area contributed by atoms with Gasteiger partial charge >= 0.3 is 0 Å². The maximum Gasteiger partial charge on any atom is 0.0481 e. The van der Waals surface area contributed by atoms with Gasteiger partial charge in [0.25, 0.3) is 0 Å². The number of rotatable bonds is 4. The molecule has 0 radical (unpaired) electrons. The number of hydrogen-bond acceptors (Lipinski definition) is 2. The fourth-order valence-corrected chi connectivity index (χ4v) is 0.649. The van der Waals surface area contributed by atoms with Gasteiger partial charge in [-0.2, -0.15) is 0 Å². The molecule has 2 nitrogen and oxygen atoms in total. The van der Waals surface area contributed by atoms with Gasteiger partial charge in [-0.25, -0.2) is 0 Å². The van der Waals surface area contributed by atoms with Crippen molar-refractivity contribution in [1.29, 1.82) is 0 Å². The first-order chi connectivity index (χ1) is 3.85. The molecule has 0 fully saturated rings. The van der Waals surface area contributed by atoms with E-state index in [1.807, 2.05) is 6.92 Å². The van der Waals surface area contributed by atoms with Crippen molar-refractivity contribution >= 4 is 0 Å². The molecule has 0 aromatic heterocycles. The third-order valence-corrected chi connectivity index (χ3v) is 1.21. The van der Waals surface area contributed by atoms with Gasteiger partial charge < -0.3 is 10.2 Å². The molecule has 50 valence electrons. The van der Waals surface area contributed by atoms with E-state index in [-0.39, 0.29) is 19.1 Å². The molecule has 8 heavy (non-hydrogen) atoms. The quantitative estimate of drug-likeness (QED) is 0.560. The Morgan fingerprint density at radius 2 is 1.75 bits per heavy atom. The van der Waals surface area contributed by atoms with Crippen LogP contribution in [0.3, 0.4) is 0 Å². The molecule has 0 unspecified atom stereocenters. The Bertz CT molecular complexity index is 41.8. The lowest BCUT2D eigenvalue weighted by molar-refractivity contribution is 0.143. The smallest absolute Gasteiger partial charge is 0.0481 e. The Kier molecular flexibility index (Phi) is 5.01. The monoisotopic (exact) mass is 118 g/mol. The molecule has 2 N–H and O–H groups in total. The van der Waals surface area contributed by atoms with E-state index in [2.05, 4.69) is 0 Å². The van der Waals surface area contributed by atoms with E-state index in [0.29, 0.717) is 0 Å². The van der Waals surface area contributed by atoms with Crippen LogP contribution >= 0.6 is 0 Å². The van der Waals surface area contributed by atoms with E-state index in [0.717, 1.165) is 12.8 Å². The Hall–Kier alpha value is -0.0800. The minimum Gasteiger partial charge on any atom is -0.396 e. The van der Waals surface area contributed by atoms with Crippen LogP contribution < -0.4 is 0 Å². The standard InChI is InChI=1S/C6H14O2/c1-2-3-6(4-7)5-8/h6-8H,2-5H2,1H3. The van der Waals surface area contributed by atoms with Crippen LogP contribution in [0.1, 0.15) is 19.8 Å². The Balaban J connectivity index is 3.07. The average molecular weight is 118 g/mol. The Morgan fingerprint density at radius 1 is 1.25 bits per heavy atom. The minimum absolute atomic E-state index is 0.111. The Morgan fingerprint density at radius 3 is 1.88 bits per heavy atom. The van der Waals surface area contributed by atoms with E-state index < -0.39 is 0 Å². The number of hydrogen-bond donors (Lipinski definition) is 2. The highest BCUT2D eigenvalue weighted by Gasteiger charge is 2.01. The van der Waals surface area contributed by atoms with Crippen molar-refractivity contribution in [3.8, 4) is 0 Å². The van der Waals surface area contributed by atoms with Gasteiger partial charge in [-0.1, -0.05) is 13.3 Å². The highest BCUT2D eigenvalue weighted by Crippen LogP contribution is 2.02. The van der Waals surface area contributed by atoms with E-state index >= 15 is 0 Å². The van der Waals surface area contributed by atoms with Crippen LogP contribution in [0.2, 0.25) is 0 Å². The molecule has 0 saturated carbocycles. The summed E-state index contributed by atoms with van der Waals surface area (Å²) < 4.78 is 0. The second-order valence-electron chi connectivity index (χ2n) is 2.02. The molecule has 0 atom stereocenters. The molecule has 0 rings (SSSR count). The normalized spacial score (nSPS) is 10.5. The Labute approximate surface area is 50.2 Å². The van der Waals surface area contributed by atoms with E-state index in [4.69, 9.17) is 10.2 Å². The van der Waals surface area contributed by atoms with Crippen LogP contribution in [0.5, 0.6) is 0 Å². The van der Waals surface area contributed by atoms with E-state index in [9.17, 15) is 0 Å². The molecule has 0 aliphatic heterocycles. The topological polar surface area (TPSA) is 40.5 Å². The van der Waals surface area contributed by atoms with Gasteiger partial charge in [0, 0.05) is 19.1 Å². The van der Waals surface area contributed by atoms with Gasteiger partial charge in [-0.05, 0) is 6.42 Å². The van der Waals surface area contributed by atoms with Crippen molar-refractivity contribution in [3.63, 3.8) is 0 Å². The molecule has 0 aliphatic carbocycles. The lowest BCUT2D eigenvalue weighted by atomic mass is 10.1. The molecular formula is C6H14O2. The second kappa shape index (κ2) is 5.06. The van der Waals surface area contributed by atoms with Crippen molar-refractivity contribution in [2.45, 2.75) is 19.8 Å². The molecule has 0 saturated heterocycles. The van der Waals surface area contributed by atoms with Crippen molar-refractivity contribution < 1.29 is 10.2 Å².